The number of hydrogen-bond acceptors (Lipinski definition) is 3. The van der Waals surface area contributed by atoms with Crippen molar-refractivity contribution in [1.29, 1.82) is 0 Å². The quantitative estimate of drug-likeness (QED) is 0.790. The lowest BCUT2D eigenvalue weighted by Gasteiger charge is -2.03. The zero-order chi connectivity index (χ0) is 13.9. The minimum Gasteiger partial charge on any atom is -0.477 e. The molecule has 0 unspecified atom stereocenters. The van der Waals surface area contributed by atoms with E-state index in [9.17, 15) is 9.90 Å². The molecule has 0 amide bonds. The van der Waals surface area contributed by atoms with Gasteiger partial charge in [-0.15, -0.1) is 0 Å². The van der Waals surface area contributed by atoms with Crippen molar-refractivity contribution in [1.82, 2.24) is 14.8 Å². The summed E-state index contributed by atoms with van der Waals surface area (Å²) in [5.74, 6) is -1.01. The van der Waals surface area contributed by atoms with Crippen LogP contribution in [0.4, 0.5) is 0 Å². The molecule has 0 radical (unpaired) electrons. The van der Waals surface area contributed by atoms with Crippen LogP contribution in [0.2, 0.25) is 0 Å². The van der Waals surface area contributed by atoms with E-state index in [1.54, 1.807) is 30.6 Å². The highest BCUT2D eigenvalue weighted by Gasteiger charge is 2.16. The molecule has 0 aliphatic heterocycles. The molecular formula is C15H11N3O2. The molecule has 2 heterocycles. The second kappa shape index (κ2) is 4.97. The molecule has 0 bridgehead atoms. The monoisotopic (exact) mass is 265 g/mol. The summed E-state index contributed by atoms with van der Waals surface area (Å²) in [6.07, 6.45) is 3.30. The number of rotatable bonds is 3. The van der Waals surface area contributed by atoms with E-state index >= 15 is 0 Å². The number of para-hydroxylation sites is 1. The summed E-state index contributed by atoms with van der Waals surface area (Å²) in [5, 5.41) is 13.7. The van der Waals surface area contributed by atoms with Crippen molar-refractivity contribution in [3.05, 3.63) is 66.6 Å². The van der Waals surface area contributed by atoms with Gasteiger partial charge in [0.2, 0.25) is 0 Å². The highest BCUT2D eigenvalue weighted by molar-refractivity contribution is 5.88. The molecule has 5 nitrogen and oxygen atoms in total. The van der Waals surface area contributed by atoms with Gasteiger partial charge in [0.1, 0.15) is 0 Å². The van der Waals surface area contributed by atoms with Crippen molar-refractivity contribution >= 4 is 5.97 Å². The number of nitrogens with zero attached hydrogens (tertiary/aromatic N) is 3. The second-order valence-electron chi connectivity index (χ2n) is 4.20. The Labute approximate surface area is 115 Å². The van der Waals surface area contributed by atoms with E-state index in [1.165, 1.54) is 4.68 Å². The van der Waals surface area contributed by atoms with Crippen molar-refractivity contribution in [3.63, 3.8) is 0 Å². The molecule has 0 saturated carbocycles. The van der Waals surface area contributed by atoms with E-state index in [-0.39, 0.29) is 5.69 Å². The van der Waals surface area contributed by atoms with Crippen molar-refractivity contribution in [2.24, 2.45) is 0 Å². The summed E-state index contributed by atoms with van der Waals surface area (Å²) in [6, 6.07) is 14.3. The molecule has 2 aromatic heterocycles. The second-order valence-corrected chi connectivity index (χ2v) is 4.20. The molecular weight excluding hydrogens is 254 g/mol. The first-order valence-electron chi connectivity index (χ1n) is 6.05. The van der Waals surface area contributed by atoms with Crippen LogP contribution < -0.4 is 0 Å². The molecule has 98 valence electrons. The maximum absolute atomic E-state index is 11.4. The smallest absolute Gasteiger partial charge is 0.354 e. The molecule has 0 aliphatic rings. The largest absolute Gasteiger partial charge is 0.477 e. The lowest BCUT2D eigenvalue weighted by Crippen LogP contribution is -2.07. The van der Waals surface area contributed by atoms with Gasteiger partial charge in [0, 0.05) is 18.0 Å². The lowest BCUT2D eigenvalue weighted by molar-refractivity contribution is 0.0687. The van der Waals surface area contributed by atoms with Gasteiger partial charge in [-0.3, -0.25) is 4.98 Å². The van der Waals surface area contributed by atoms with Crippen LogP contribution in [-0.4, -0.2) is 25.8 Å². The SMILES string of the molecule is O=C(O)c1cc(-c2ccncc2)nn1-c1ccccc1. The molecule has 3 aromatic rings. The molecule has 0 saturated heterocycles. The fourth-order valence-electron chi connectivity index (χ4n) is 1.96. The zero-order valence-corrected chi connectivity index (χ0v) is 10.5. The highest BCUT2D eigenvalue weighted by atomic mass is 16.4. The number of aromatic carboxylic acids is 1. The Morgan fingerprint density at radius 3 is 2.40 bits per heavy atom. The first kappa shape index (κ1) is 12.1. The molecule has 0 atom stereocenters. The maximum Gasteiger partial charge on any atom is 0.354 e. The van der Waals surface area contributed by atoms with Crippen LogP contribution in [0.3, 0.4) is 0 Å². The Kier molecular flexibility index (Phi) is 3.01. The van der Waals surface area contributed by atoms with Gasteiger partial charge in [0.25, 0.3) is 0 Å². The van der Waals surface area contributed by atoms with Crippen LogP contribution in [0.5, 0.6) is 0 Å². The van der Waals surface area contributed by atoms with Gasteiger partial charge in [0.05, 0.1) is 11.4 Å². The van der Waals surface area contributed by atoms with Crippen molar-refractivity contribution < 1.29 is 9.90 Å². The van der Waals surface area contributed by atoms with Crippen LogP contribution in [0.1, 0.15) is 10.5 Å². The standard InChI is InChI=1S/C15H11N3O2/c19-15(20)14-10-13(11-6-8-16-9-7-11)17-18(14)12-4-2-1-3-5-12/h1-10H,(H,19,20). The third kappa shape index (κ3) is 2.16. The molecule has 0 aliphatic carbocycles. The van der Waals surface area contributed by atoms with Gasteiger partial charge < -0.3 is 5.11 Å². The Hall–Kier alpha value is -2.95. The summed E-state index contributed by atoms with van der Waals surface area (Å²) in [7, 11) is 0. The third-order valence-electron chi connectivity index (χ3n) is 2.91. The van der Waals surface area contributed by atoms with Crippen molar-refractivity contribution in [2.75, 3.05) is 0 Å². The normalized spacial score (nSPS) is 10.4. The summed E-state index contributed by atoms with van der Waals surface area (Å²) in [4.78, 5) is 15.3. The first-order chi connectivity index (χ1) is 9.75. The number of aromatic nitrogens is 3. The number of pyridine rings is 1. The Morgan fingerprint density at radius 1 is 1.05 bits per heavy atom. The van der Waals surface area contributed by atoms with E-state index in [0.717, 1.165) is 5.56 Å². The maximum atomic E-state index is 11.4. The number of carbonyl (C=O) groups is 1. The minimum absolute atomic E-state index is 0.128. The first-order valence-corrected chi connectivity index (χ1v) is 6.05. The lowest BCUT2D eigenvalue weighted by atomic mass is 10.2. The average molecular weight is 265 g/mol. The summed E-state index contributed by atoms with van der Waals surface area (Å²) in [6.45, 7) is 0. The van der Waals surface area contributed by atoms with E-state index in [4.69, 9.17) is 0 Å². The molecule has 20 heavy (non-hydrogen) atoms. The van der Waals surface area contributed by atoms with Gasteiger partial charge in [0.15, 0.2) is 5.69 Å². The fraction of sp³-hybridized carbons (Fsp3) is 0. The van der Waals surface area contributed by atoms with Crippen molar-refractivity contribution in [2.45, 2.75) is 0 Å². The average Bonchev–Trinajstić information content (AvgIpc) is 2.94. The van der Waals surface area contributed by atoms with E-state index in [2.05, 4.69) is 10.1 Å². The number of benzene rings is 1. The van der Waals surface area contributed by atoms with Gasteiger partial charge in [-0.2, -0.15) is 5.10 Å². The zero-order valence-electron chi connectivity index (χ0n) is 10.5. The van der Waals surface area contributed by atoms with E-state index in [1.807, 2.05) is 30.3 Å². The number of hydrogen-bond donors (Lipinski definition) is 1. The van der Waals surface area contributed by atoms with Crippen LogP contribution >= 0.6 is 0 Å². The number of carboxylic acid groups (broad SMARTS) is 1. The van der Waals surface area contributed by atoms with Gasteiger partial charge in [-0.25, -0.2) is 9.48 Å². The Balaban J connectivity index is 2.15. The Morgan fingerprint density at radius 2 is 1.75 bits per heavy atom. The minimum atomic E-state index is -1.01. The predicted octanol–water partition coefficient (Wildman–Crippen LogP) is 2.63. The predicted molar refractivity (Wildman–Crippen MR) is 73.8 cm³/mol. The topological polar surface area (TPSA) is 68.0 Å². The van der Waals surface area contributed by atoms with E-state index in [0.29, 0.717) is 11.4 Å². The van der Waals surface area contributed by atoms with Gasteiger partial charge in [-0.05, 0) is 30.3 Å². The molecule has 1 N–H and O–H groups in total. The summed E-state index contributed by atoms with van der Waals surface area (Å²) >= 11 is 0. The van der Waals surface area contributed by atoms with E-state index < -0.39 is 5.97 Å². The molecule has 0 spiro atoms. The fourth-order valence-corrected chi connectivity index (χ4v) is 1.96. The molecule has 1 aromatic carbocycles. The van der Waals surface area contributed by atoms with Crippen LogP contribution in [0.15, 0.2) is 60.9 Å². The number of carboxylic acids is 1. The Bertz CT molecular complexity index is 736. The molecule has 5 heteroatoms. The summed E-state index contributed by atoms with van der Waals surface area (Å²) in [5.41, 5.74) is 2.28. The van der Waals surface area contributed by atoms with Crippen LogP contribution in [0, 0.1) is 0 Å². The molecule has 0 fully saturated rings. The van der Waals surface area contributed by atoms with Crippen molar-refractivity contribution in [3.8, 4) is 16.9 Å². The van der Waals surface area contributed by atoms with Gasteiger partial charge >= 0.3 is 5.97 Å². The van der Waals surface area contributed by atoms with Gasteiger partial charge in [-0.1, -0.05) is 18.2 Å². The van der Waals surface area contributed by atoms with Crippen LogP contribution in [0.25, 0.3) is 16.9 Å². The highest BCUT2D eigenvalue weighted by Crippen LogP contribution is 2.21. The third-order valence-corrected chi connectivity index (χ3v) is 2.91. The van der Waals surface area contributed by atoms with Crippen LogP contribution in [-0.2, 0) is 0 Å². The molecule has 3 rings (SSSR count). The summed E-state index contributed by atoms with van der Waals surface area (Å²) < 4.78 is 1.43.